The van der Waals surface area contributed by atoms with E-state index in [-0.39, 0.29) is 17.9 Å². The molecule has 4 fully saturated rings. The number of benzene rings is 1. The number of hydrogen-bond donors (Lipinski definition) is 1. The van der Waals surface area contributed by atoms with Crippen LogP contribution in [0.4, 0.5) is 5.69 Å². The van der Waals surface area contributed by atoms with E-state index in [4.69, 9.17) is 4.74 Å². The number of piperazine rings is 1. The largest absolute Gasteiger partial charge is 0.495 e. The number of fused-ring (bicyclic) bond motifs is 2. The van der Waals surface area contributed by atoms with Crippen LogP contribution in [-0.2, 0) is 9.59 Å². The lowest BCUT2D eigenvalue weighted by Gasteiger charge is -2.36. The zero-order valence-corrected chi connectivity index (χ0v) is 22.0. The minimum absolute atomic E-state index is 0.0548. The maximum absolute atomic E-state index is 13.0. The van der Waals surface area contributed by atoms with Gasteiger partial charge in [0.15, 0.2) is 0 Å². The van der Waals surface area contributed by atoms with Crippen LogP contribution >= 0.6 is 0 Å². The molecule has 1 N–H and O–H groups in total. The first-order valence-corrected chi connectivity index (χ1v) is 14.3. The summed E-state index contributed by atoms with van der Waals surface area (Å²) in [6.07, 6.45) is 9.71. The van der Waals surface area contributed by atoms with Crippen molar-refractivity contribution in [2.75, 3.05) is 57.8 Å². The lowest BCUT2D eigenvalue weighted by Crippen LogP contribution is -2.47. The van der Waals surface area contributed by atoms with Crippen LogP contribution in [0.3, 0.4) is 0 Å². The fourth-order valence-corrected chi connectivity index (χ4v) is 7.20. The fourth-order valence-electron chi connectivity index (χ4n) is 7.20. The molecule has 198 valence electrons. The molecule has 7 heteroatoms. The molecule has 0 radical (unpaired) electrons. The molecule has 4 aliphatic rings. The van der Waals surface area contributed by atoms with E-state index in [2.05, 4.69) is 27.2 Å². The van der Waals surface area contributed by atoms with Crippen molar-refractivity contribution in [2.45, 2.75) is 63.8 Å². The van der Waals surface area contributed by atoms with Gasteiger partial charge < -0.3 is 19.9 Å². The highest BCUT2D eigenvalue weighted by Crippen LogP contribution is 2.49. The molecule has 2 saturated heterocycles. The first-order valence-electron chi connectivity index (χ1n) is 14.3. The van der Waals surface area contributed by atoms with Gasteiger partial charge in [0.05, 0.1) is 12.8 Å². The number of amides is 2. The molecule has 0 spiro atoms. The highest BCUT2D eigenvalue weighted by Gasteiger charge is 2.42. The molecule has 2 amide bonds. The third-order valence-corrected chi connectivity index (χ3v) is 9.20. The van der Waals surface area contributed by atoms with Crippen LogP contribution < -0.4 is 15.0 Å². The Morgan fingerprint density at radius 3 is 2.58 bits per heavy atom. The number of methoxy groups -OCH3 is 1. The Bertz CT molecular complexity index is 900. The molecule has 36 heavy (non-hydrogen) atoms. The van der Waals surface area contributed by atoms with E-state index in [1.165, 1.54) is 31.4 Å². The van der Waals surface area contributed by atoms with Gasteiger partial charge in [0.25, 0.3) is 0 Å². The SMILES string of the molecule is COc1ccccc1N1CCN(CCCCNC(=O)[C@@H]2CCCN2C(=O)CC2CC3CCC2C3)CC1. The van der Waals surface area contributed by atoms with Crippen molar-refractivity contribution in [1.82, 2.24) is 15.1 Å². The van der Waals surface area contributed by atoms with E-state index in [0.29, 0.717) is 18.9 Å². The number of likely N-dealkylation sites (tertiary alicyclic amines) is 1. The molecule has 5 rings (SSSR count). The molecule has 1 aromatic carbocycles. The number of nitrogens with zero attached hydrogens (tertiary/aromatic N) is 3. The van der Waals surface area contributed by atoms with Crippen LogP contribution in [0, 0.1) is 17.8 Å². The molecule has 2 aliphatic carbocycles. The van der Waals surface area contributed by atoms with Crippen molar-refractivity contribution >= 4 is 17.5 Å². The summed E-state index contributed by atoms with van der Waals surface area (Å²) in [5.41, 5.74) is 1.18. The highest BCUT2D eigenvalue weighted by molar-refractivity contribution is 5.88. The molecule has 3 unspecified atom stereocenters. The standard InChI is InChI=1S/C29H44N4O3/c1-36-27-9-3-2-7-25(27)32-17-15-31(16-18-32)13-5-4-12-30-29(35)26-8-6-14-33(26)28(34)21-24-20-22-10-11-23(24)19-22/h2-3,7,9,22-24,26H,4-6,8,10-21H2,1H3,(H,30,35)/t22?,23?,24?,26-/m0/s1. The van der Waals surface area contributed by atoms with Gasteiger partial charge in [0.2, 0.25) is 11.8 Å². The summed E-state index contributed by atoms with van der Waals surface area (Å²) in [6, 6.07) is 7.99. The van der Waals surface area contributed by atoms with Gasteiger partial charge in [-0.3, -0.25) is 14.5 Å². The topological polar surface area (TPSA) is 65.1 Å². The van der Waals surface area contributed by atoms with Crippen LogP contribution in [-0.4, -0.2) is 80.6 Å². The third kappa shape index (κ3) is 5.82. The molecule has 2 saturated carbocycles. The quantitative estimate of drug-likeness (QED) is 0.502. The fraction of sp³-hybridized carbons (Fsp3) is 0.724. The zero-order valence-electron chi connectivity index (χ0n) is 22.0. The molecule has 2 heterocycles. The van der Waals surface area contributed by atoms with Gasteiger partial charge in [-0.1, -0.05) is 18.6 Å². The van der Waals surface area contributed by atoms with Crippen molar-refractivity contribution in [1.29, 1.82) is 0 Å². The summed E-state index contributed by atoms with van der Waals surface area (Å²) >= 11 is 0. The van der Waals surface area contributed by atoms with Crippen LogP contribution in [0.1, 0.15) is 57.8 Å². The van der Waals surface area contributed by atoms with Gasteiger partial charge in [-0.15, -0.1) is 0 Å². The number of nitrogens with one attached hydrogen (secondary N) is 1. The predicted octanol–water partition coefficient (Wildman–Crippen LogP) is 3.53. The van der Waals surface area contributed by atoms with Crippen LogP contribution in [0.25, 0.3) is 0 Å². The second kappa shape index (κ2) is 11.8. The smallest absolute Gasteiger partial charge is 0.242 e. The van der Waals surface area contributed by atoms with Crippen molar-refractivity contribution < 1.29 is 14.3 Å². The van der Waals surface area contributed by atoms with Gasteiger partial charge in [-0.25, -0.2) is 0 Å². The number of ether oxygens (including phenoxy) is 1. The lowest BCUT2D eigenvalue weighted by atomic mass is 9.86. The Morgan fingerprint density at radius 1 is 1.00 bits per heavy atom. The molecular formula is C29H44N4O3. The third-order valence-electron chi connectivity index (χ3n) is 9.20. The average Bonchev–Trinajstić information content (AvgIpc) is 3.66. The first kappa shape index (κ1) is 25.4. The Balaban J connectivity index is 0.974. The Hall–Kier alpha value is -2.28. The van der Waals surface area contributed by atoms with Gasteiger partial charge in [-0.05, 0) is 81.4 Å². The van der Waals surface area contributed by atoms with Crippen LogP contribution in [0.5, 0.6) is 5.75 Å². The molecule has 2 aliphatic heterocycles. The minimum Gasteiger partial charge on any atom is -0.495 e. The summed E-state index contributed by atoms with van der Waals surface area (Å²) in [7, 11) is 1.73. The van der Waals surface area contributed by atoms with Crippen molar-refractivity contribution in [3.63, 3.8) is 0 Å². The molecule has 2 bridgehead atoms. The van der Waals surface area contributed by atoms with Crippen molar-refractivity contribution in [3.05, 3.63) is 24.3 Å². The summed E-state index contributed by atoms with van der Waals surface area (Å²) in [4.78, 5) is 32.7. The Labute approximate surface area is 216 Å². The zero-order chi connectivity index (χ0) is 24.9. The van der Waals surface area contributed by atoms with Crippen LogP contribution in [0.2, 0.25) is 0 Å². The summed E-state index contributed by atoms with van der Waals surface area (Å²) in [5, 5.41) is 3.14. The molecule has 1 aromatic rings. The minimum atomic E-state index is -0.251. The molecule has 4 atom stereocenters. The van der Waals surface area contributed by atoms with Crippen molar-refractivity contribution in [2.24, 2.45) is 17.8 Å². The van der Waals surface area contributed by atoms with E-state index in [1.54, 1.807) is 7.11 Å². The number of carbonyl (C=O) groups excluding carboxylic acids is 2. The van der Waals surface area contributed by atoms with Crippen molar-refractivity contribution in [3.8, 4) is 5.75 Å². The predicted molar refractivity (Wildman–Crippen MR) is 142 cm³/mol. The maximum Gasteiger partial charge on any atom is 0.242 e. The number of rotatable bonds is 10. The van der Waals surface area contributed by atoms with E-state index in [9.17, 15) is 9.59 Å². The Morgan fingerprint density at radius 2 is 1.83 bits per heavy atom. The van der Waals surface area contributed by atoms with E-state index in [0.717, 1.165) is 82.5 Å². The molecular weight excluding hydrogens is 452 g/mol. The second-order valence-corrected chi connectivity index (χ2v) is 11.4. The summed E-state index contributed by atoms with van der Waals surface area (Å²) in [5.74, 6) is 3.41. The number of unbranched alkanes of at least 4 members (excludes halogenated alkanes) is 1. The normalized spacial score (nSPS) is 28.0. The highest BCUT2D eigenvalue weighted by atomic mass is 16.5. The second-order valence-electron chi connectivity index (χ2n) is 11.4. The van der Waals surface area contributed by atoms with E-state index < -0.39 is 0 Å². The first-order chi connectivity index (χ1) is 17.6. The van der Waals surface area contributed by atoms with Gasteiger partial charge >= 0.3 is 0 Å². The lowest BCUT2D eigenvalue weighted by molar-refractivity contribution is -0.139. The average molecular weight is 497 g/mol. The monoisotopic (exact) mass is 496 g/mol. The van der Waals surface area contributed by atoms with Crippen LogP contribution in [0.15, 0.2) is 24.3 Å². The Kier molecular flexibility index (Phi) is 8.35. The van der Waals surface area contributed by atoms with Gasteiger partial charge in [0.1, 0.15) is 11.8 Å². The molecule has 7 nitrogen and oxygen atoms in total. The number of anilines is 1. The summed E-state index contributed by atoms with van der Waals surface area (Å²) in [6.45, 7) is 6.62. The number of carbonyl (C=O) groups is 2. The van der Waals surface area contributed by atoms with E-state index >= 15 is 0 Å². The summed E-state index contributed by atoms with van der Waals surface area (Å²) < 4.78 is 5.52. The van der Waals surface area contributed by atoms with Gasteiger partial charge in [-0.2, -0.15) is 0 Å². The van der Waals surface area contributed by atoms with E-state index in [1.807, 2.05) is 17.0 Å². The molecule has 0 aromatic heterocycles. The number of hydrogen-bond acceptors (Lipinski definition) is 5. The van der Waals surface area contributed by atoms with Gasteiger partial charge in [0, 0.05) is 45.7 Å². The maximum atomic E-state index is 13.0. The number of para-hydroxylation sites is 2.